The Morgan fingerprint density at radius 3 is 2.80 bits per heavy atom. The fraction of sp³-hybridized carbons (Fsp3) is 0.304. The Bertz CT molecular complexity index is 1030. The monoisotopic (exact) mass is 425 g/mol. The van der Waals surface area contributed by atoms with E-state index in [-0.39, 0.29) is 11.7 Å². The number of thiazole rings is 1. The lowest BCUT2D eigenvalue weighted by Crippen LogP contribution is -2.35. The Hall–Kier alpha value is -2.61. The zero-order chi connectivity index (χ0) is 20.9. The molecule has 2 heterocycles. The summed E-state index contributed by atoms with van der Waals surface area (Å²) in [6.45, 7) is 5.98. The van der Waals surface area contributed by atoms with E-state index >= 15 is 0 Å². The Morgan fingerprint density at radius 2 is 2.00 bits per heavy atom. The molecule has 30 heavy (non-hydrogen) atoms. The number of halogens is 1. The van der Waals surface area contributed by atoms with Crippen LogP contribution in [0.15, 0.2) is 48.5 Å². The Morgan fingerprint density at radius 1 is 1.20 bits per heavy atom. The molecular formula is C23H24FN3O2S. The van der Waals surface area contributed by atoms with E-state index in [1.807, 2.05) is 31.2 Å². The van der Waals surface area contributed by atoms with Gasteiger partial charge in [0.15, 0.2) is 5.13 Å². The second-order valence-electron chi connectivity index (χ2n) is 7.34. The molecule has 1 fully saturated rings. The maximum absolute atomic E-state index is 14.0. The molecule has 1 saturated heterocycles. The third-order valence-electron chi connectivity index (χ3n) is 5.12. The molecule has 4 rings (SSSR count). The number of ether oxygens (including phenoxy) is 1. The minimum Gasteiger partial charge on any atom is -0.379 e. The third-order valence-corrected chi connectivity index (χ3v) is 6.19. The van der Waals surface area contributed by atoms with Gasteiger partial charge in [-0.05, 0) is 36.2 Å². The number of carbonyl (C=O) groups is 1. The molecule has 0 aliphatic carbocycles. The van der Waals surface area contributed by atoms with Gasteiger partial charge in [-0.1, -0.05) is 30.3 Å². The number of aryl methyl sites for hydroxylation is 1. The van der Waals surface area contributed by atoms with Crippen molar-refractivity contribution in [1.82, 2.24) is 9.88 Å². The first kappa shape index (κ1) is 20.7. The zero-order valence-electron chi connectivity index (χ0n) is 16.9. The van der Waals surface area contributed by atoms with Crippen LogP contribution in [0, 0.1) is 12.7 Å². The molecule has 3 aromatic rings. The van der Waals surface area contributed by atoms with Crippen LogP contribution in [0.4, 0.5) is 9.52 Å². The standard InChI is InChI=1S/C23H24FN3O2S/c1-16-21(14-18-6-2-3-8-20(18)24)30-23(25-16)26-22(28)19-7-4-5-17(13-19)15-27-9-11-29-12-10-27/h2-8,13H,9-12,14-15H2,1H3,(H,25,26,28). The number of benzene rings is 2. The molecule has 1 aliphatic heterocycles. The predicted molar refractivity (Wildman–Crippen MR) is 117 cm³/mol. The molecule has 156 valence electrons. The van der Waals surface area contributed by atoms with Crippen molar-refractivity contribution in [2.24, 2.45) is 0 Å². The van der Waals surface area contributed by atoms with Gasteiger partial charge < -0.3 is 4.74 Å². The minimum absolute atomic E-state index is 0.190. The second-order valence-corrected chi connectivity index (χ2v) is 8.42. The van der Waals surface area contributed by atoms with E-state index in [9.17, 15) is 9.18 Å². The van der Waals surface area contributed by atoms with Gasteiger partial charge in [-0.2, -0.15) is 0 Å². The summed E-state index contributed by atoms with van der Waals surface area (Å²) in [6.07, 6.45) is 0.459. The average Bonchev–Trinajstić information content (AvgIpc) is 3.09. The SMILES string of the molecule is Cc1nc(NC(=O)c2cccc(CN3CCOCC3)c2)sc1Cc1ccccc1F. The summed E-state index contributed by atoms with van der Waals surface area (Å²) in [5.41, 5.74) is 3.13. The van der Waals surface area contributed by atoms with E-state index in [2.05, 4.69) is 15.2 Å². The number of morpholine rings is 1. The van der Waals surface area contributed by atoms with Gasteiger partial charge in [0.05, 0.1) is 18.9 Å². The lowest BCUT2D eigenvalue weighted by atomic mass is 10.1. The quantitative estimate of drug-likeness (QED) is 0.641. The molecule has 1 amide bonds. The van der Waals surface area contributed by atoms with Crippen LogP contribution in [0.5, 0.6) is 0 Å². The molecule has 0 atom stereocenters. The fourth-order valence-electron chi connectivity index (χ4n) is 3.46. The topological polar surface area (TPSA) is 54.5 Å². The number of anilines is 1. The van der Waals surface area contributed by atoms with Gasteiger partial charge in [0.2, 0.25) is 0 Å². The van der Waals surface area contributed by atoms with E-state index in [1.54, 1.807) is 18.2 Å². The number of amides is 1. The van der Waals surface area contributed by atoms with Crippen LogP contribution < -0.4 is 5.32 Å². The van der Waals surface area contributed by atoms with Crippen molar-refractivity contribution in [2.45, 2.75) is 19.9 Å². The number of carbonyl (C=O) groups excluding carboxylic acids is 1. The molecule has 0 unspecified atom stereocenters. The second kappa shape index (κ2) is 9.47. The third kappa shape index (κ3) is 5.11. The summed E-state index contributed by atoms with van der Waals surface area (Å²) in [7, 11) is 0. The molecule has 0 bridgehead atoms. The van der Waals surface area contributed by atoms with Crippen molar-refractivity contribution in [1.29, 1.82) is 0 Å². The molecule has 5 nitrogen and oxygen atoms in total. The van der Waals surface area contributed by atoms with Crippen LogP contribution in [0.25, 0.3) is 0 Å². The van der Waals surface area contributed by atoms with Crippen molar-refractivity contribution in [2.75, 3.05) is 31.6 Å². The number of nitrogens with one attached hydrogen (secondary N) is 1. The van der Waals surface area contributed by atoms with Gasteiger partial charge in [-0.3, -0.25) is 15.0 Å². The summed E-state index contributed by atoms with van der Waals surface area (Å²) in [4.78, 5) is 20.5. The summed E-state index contributed by atoms with van der Waals surface area (Å²) in [5.74, 6) is -0.419. The summed E-state index contributed by atoms with van der Waals surface area (Å²) in [6, 6.07) is 14.4. The highest BCUT2D eigenvalue weighted by Crippen LogP contribution is 2.26. The highest BCUT2D eigenvalue weighted by molar-refractivity contribution is 7.15. The first-order valence-electron chi connectivity index (χ1n) is 9.98. The summed E-state index contributed by atoms with van der Waals surface area (Å²) < 4.78 is 19.3. The van der Waals surface area contributed by atoms with Crippen LogP contribution >= 0.6 is 11.3 Å². The molecule has 1 N–H and O–H groups in total. The number of aromatic nitrogens is 1. The maximum Gasteiger partial charge on any atom is 0.257 e. The predicted octanol–water partition coefficient (Wildman–Crippen LogP) is 4.27. The van der Waals surface area contributed by atoms with Crippen molar-refractivity contribution in [3.05, 3.63) is 81.6 Å². The highest BCUT2D eigenvalue weighted by Gasteiger charge is 2.15. The largest absolute Gasteiger partial charge is 0.379 e. The Balaban J connectivity index is 1.42. The van der Waals surface area contributed by atoms with Crippen LogP contribution in [0.1, 0.15) is 32.1 Å². The summed E-state index contributed by atoms with van der Waals surface area (Å²) >= 11 is 1.39. The normalized spacial score (nSPS) is 14.6. The molecule has 0 radical (unpaired) electrons. The molecule has 2 aromatic carbocycles. The maximum atomic E-state index is 14.0. The van der Waals surface area contributed by atoms with Crippen LogP contribution in [-0.4, -0.2) is 42.1 Å². The van der Waals surface area contributed by atoms with Crippen molar-refractivity contribution in [3.8, 4) is 0 Å². The van der Waals surface area contributed by atoms with E-state index in [1.165, 1.54) is 17.4 Å². The lowest BCUT2D eigenvalue weighted by Gasteiger charge is -2.26. The Labute approximate surface area is 179 Å². The van der Waals surface area contributed by atoms with Crippen LogP contribution in [-0.2, 0) is 17.7 Å². The van der Waals surface area contributed by atoms with Crippen molar-refractivity contribution < 1.29 is 13.9 Å². The lowest BCUT2D eigenvalue weighted by molar-refractivity contribution is 0.0342. The van der Waals surface area contributed by atoms with Crippen molar-refractivity contribution in [3.63, 3.8) is 0 Å². The first-order valence-corrected chi connectivity index (χ1v) is 10.8. The number of nitrogens with zero attached hydrogens (tertiary/aromatic N) is 2. The molecule has 1 aromatic heterocycles. The number of rotatable bonds is 6. The first-order chi connectivity index (χ1) is 14.6. The molecule has 7 heteroatoms. The smallest absolute Gasteiger partial charge is 0.257 e. The number of hydrogen-bond acceptors (Lipinski definition) is 5. The molecule has 0 spiro atoms. The van der Waals surface area contributed by atoms with Gasteiger partial charge >= 0.3 is 0 Å². The van der Waals surface area contributed by atoms with Gasteiger partial charge in [0.1, 0.15) is 5.82 Å². The molecular weight excluding hydrogens is 401 g/mol. The van der Waals surface area contributed by atoms with Gasteiger partial charge in [-0.15, -0.1) is 11.3 Å². The van der Waals surface area contributed by atoms with E-state index < -0.39 is 0 Å². The highest BCUT2D eigenvalue weighted by atomic mass is 32.1. The fourth-order valence-corrected chi connectivity index (χ4v) is 4.44. The average molecular weight is 426 g/mol. The van der Waals surface area contributed by atoms with Gasteiger partial charge in [0.25, 0.3) is 5.91 Å². The van der Waals surface area contributed by atoms with Crippen molar-refractivity contribution >= 4 is 22.4 Å². The molecule has 1 aliphatic rings. The van der Waals surface area contributed by atoms with E-state index in [0.29, 0.717) is 22.7 Å². The van der Waals surface area contributed by atoms with E-state index in [4.69, 9.17) is 4.74 Å². The number of hydrogen-bond donors (Lipinski definition) is 1. The van der Waals surface area contributed by atoms with Crippen LogP contribution in [0.2, 0.25) is 0 Å². The van der Waals surface area contributed by atoms with Crippen LogP contribution in [0.3, 0.4) is 0 Å². The van der Waals surface area contributed by atoms with Gasteiger partial charge in [-0.25, -0.2) is 9.37 Å². The minimum atomic E-state index is -0.229. The van der Waals surface area contributed by atoms with E-state index in [0.717, 1.165) is 49.0 Å². The molecule has 0 saturated carbocycles. The Kier molecular flexibility index (Phi) is 6.52. The summed E-state index contributed by atoms with van der Waals surface area (Å²) in [5, 5.41) is 3.42. The zero-order valence-corrected chi connectivity index (χ0v) is 17.7. The van der Waals surface area contributed by atoms with Gasteiger partial charge in [0, 0.05) is 36.5 Å².